The lowest BCUT2D eigenvalue weighted by Gasteiger charge is -2.07. The van der Waals surface area contributed by atoms with E-state index in [4.69, 9.17) is 10.5 Å². The van der Waals surface area contributed by atoms with E-state index in [2.05, 4.69) is 5.32 Å². The molecule has 0 fully saturated rings. The van der Waals surface area contributed by atoms with Crippen LogP contribution in [0.15, 0.2) is 24.3 Å². The number of amides is 1. The number of halogens is 1. The largest absolute Gasteiger partial charge is 0.494 e. The van der Waals surface area contributed by atoms with E-state index in [1.807, 2.05) is 19.1 Å². The predicted octanol–water partition coefficient (Wildman–Crippen LogP) is 1.59. The number of hydrogen-bond donors (Lipinski definition) is 2. The molecule has 0 unspecified atom stereocenters. The van der Waals surface area contributed by atoms with Gasteiger partial charge in [0.05, 0.1) is 6.61 Å². The first-order valence-corrected chi connectivity index (χ1v) is 5.49. The monoisotopic (exact) mass is 258 g/mol. The maximum absolute atomic E-state index is 11.6. The van der Waals surface area contributed by atoms with Crippen LogP contribution in [0.5, 0.6) is 5.75 Å². The summed E-state index contributed by atoms with van der Waals surface area (Å²) in [6.45, 7) is 3.63. The number of nitrogens with one attached hydrogen (secondary N) is 1. The molecule has 0 aliphatic rings. The molecular formula is C12H19ClN2O2. The summed E-state index contributed by atoms with van der Waals surface area (Å²) in [6, 6.07) is 7.14. The smallest absolute Gasteiger partial charge is 0.251 e. The minimum absolute atomic E-state index is 0. The van der Waals surface area contributed by atoms with E-state index >= 15 is 0 Å². The van der Waals surface area contributed by atoms with Crippen LogP contribution in [0.25, 0.3) is 0 Å². The van der Waals surface area contributed by atoms with E-state index in [1.165, 1.54) is 0 Å². The van der Waals surface area contributed by atoms with Gasteiger partial charge in [-0.1, -0.05) is 13.0 Å². The molecule has 0 saturated heterocycles. The molecule has 1 aromatic rings. The minimum Gasteiger partial charge on any atom is -0.494 e. The van der Waals surface area contributed by atoms with Crippen LogP contribution in [0.2, 0.25) is 0 Å². The number of nitrogens with two attached hydrogens (primary N) is 1. The third-order valence-electron chi connectivity index (χ3n) is 2.00. The molecule has 4 nitrogen and oxygen atoms in total. The molecule has 3 N–H and O–H groups in total. The average molecular weight is 259 g/mol. The summed E-state index contributed by atoms with van der Waals surface area (Å²) >= 11 is 0. The Balaban J connectivity index is 0.00000256. The van der Waals surface area contributed by atoms with Crippen LogP contribution >= 0.6 is 12.4 Å². The average Bonchev–Trinajstić information content (AvgIpc) is 2.33. The highest BCUT2D eigenvalue weighted by Gasteiger charge is 2.05. The van der Waals surface area contributed by atoms with Crippen LogP contribution in [-0.4, -0.2) is 25.6 Å². The van der Waals surface area contributed by atoms with E-state index < -0.39 is 0 Å². The third-order valence-corrected chi connectivity index (χ3v) is 2.00. The number of hydrogen-bond acceptors (Lipinski definition) is 3. The Labute approximate surface area is 108 Å². The van der Waals surface area contributed by atoms with Gasteiger partial charge in [-0.05, 0) is 24.6 Å². The van der Waals surface area contributed by atoms with Crippen molar-refractivity contribution in [1.82, 2.24) is 5.32 Å². The highest BCUT2D eigenvalue weighted by molar-refractivity contribution is 5.94. The van der Waals surface area contributed by atoms with Gasteiger partial charge < -0.3 is 15.8 Å². The molecule has 0 spiro atoms. The maximum atomic E-state index is 11.6. The summed E-state index contributed by atoms with van der Waals surface area (Å²) in [5, 5.41) is 2.71. The predicted molar refractivity (Wildman–Crippen MR) is 70.9 cm³/mol. The summed E-state index contributed by atoms with van der Waals surface area (Å²) in [6.07, 6.45) is 0.948. The molecule has 0 aliphatic carbocycles. The fraction of sp³-hybridized carbons (Fsp3) is 0.417. The van der Waals surface area contributed by atoms with Gasteiger partial charge in [-0.25, -0.2) is 0 Å². The Morgan fingerprint density at radius 3 is 2.88 bits per heavy atom. The van der Waals surface area contributed by atoms with Crippen molar-refractivity contribution in [2.75, 3.05) is 19.7 Å². The van der Waals surface area contributed by atoms with E-state index in [9.17, 15) is 4.79 Å². The number of carbonyl (C=O) groups excluding carboxylic acids is 1. The summed E-state index contributed by atoms with van der Waals surface area (Å²) in [5.41, 5.74) is 5.91. The molecule has 0 radical (unpaired) electrons. The zero-order valence-corrected chi connectivity index (χ0v) is 10.8. The Kier molecular flexibility index (Phi) is 8.19. The first kappa shape index (κ1) is 15.7. The second kappa shape index (κ2) is 8.84. The molecule has 1 aromatic carbocycles. The van der Waals surface area contributed by atoms with Crippen molar-refractivity contribution in [1.29, 1.82) is 0 Å². The Morgan fingerprint density at radius 1 is 1.47 bits per heavy atom. The minimum atomic E-state index is -0.118. The molecular weight excluding hydrogens is 240 g/mol. The van der Waals surface area contributed by atoms with Gasteiger partial charge in [-0.15, -0.1) is 12.4 Å². The van der Waals surface area contributed by atoms with E-state index in [0.29, 0.717) is 25.3 Å². The zero-order valence-electron chi connectivity index (χ0n) is 9.94. The lowest BCUT2D eigenvalue weighted by atomic mass is 10.2. The van der Waals surface area contributed by atoms with E-state index in [0.717, 1.165) is 12.2 Å². The summed E-state index contributed by atoms with van der Waals surface area (Å²) < 4.78 is 5.45. The van der Waals surface area contributed by atoms with Crippen LogP contribution in [0.3, 0.4) is 0 Å². The van der Waals surface area contributed by atoms with Crippen LogP contribution in [0.4, 0.5) is 0 Å². The summed E-state index contributed by atoms with van der Waals surface area (Å²) in [4.78, 5) is 11.6. The van der Waals surface area contributed by atoms with Crippen molar-refractivity contribution in [3.05, 3.63) is 29.8 Å². The second-order valence-electron chi connectivity index (χ2n) is 3.42. The van der Waals surface area contributed by atoms with Crippen LogP contribution < -0.4 is 15.8 Å². The molecule has 0 bridgehead atoms. The molecule has 1 amide bonds. The van der Waals surface area contributed by atoms with Crippen molar-refractivity contribution < 1.29 is 9.53 Å². The first-order valence-electron chi connectivity index (χ1n) is 5.49. The van der Waals surface area contributed by atoms with Gasteiger partial charge in [0.15, 0.2) is 0 Å². The lowest BCUT2D eigenvalue weighted by molar-refractivity contribution is 0.0954. The quantitative estimate of drug-likeness (QED) is 0.814. The molecule has 17 heavy (non-hydrogen) atoms. The summed E-state index contributed by atoms with van der Waals surface area (Å²) in [7, 11) is 0. The van der Waals surface area contributed by atoms with Gasteiger partial charge in [0.2, 0.25) is 0 Å². The van der Waals surface area contributed by atoms with Crippen molar-refractivity contribution in [3.63, 3.8) is 0 Å². The molecule has 0 aliphatic heterocycles. The Bertz CT molecular complexity index is 345. The van der Waals surface area contributed by atoms with Crippen molar-refractivity contribution in [2.24, 2.45) is 5.73 Å². The Morgan fingerprint density at radius 2 is 2.24 bits per heavy atom. The molecule has 5 heteroatoms. The van der Waals surface area contributed by atoms with Crippen molar-refractivity contribution in [2.45, 2.75) is 13.3 Å². The fourth-order valence-electron chi connectivity index (χ4n) is 1.23. The van der Waals surface area contributed by atoms with Gasteiger partial charge in [-0.2, -0.15) is 0 Å². The molecule has 0 heterocycles. The lowest BCUT2D eigenvalue weighted by Crippen LogP contribution is -2.28. The first-order chi connectivity index (χ1) is 7.77. The highest BCUT2D eigenvalue weighted by atomic mass is 35.5. The van der Waals surface area contributed by atoms with Gasteiger partial charge in [0.25, 0.3) is 5.91 Å². The fourth-order valence-corrected chi connectivity index (χ4v) is 1.23. The van der Waals surface area contributed by atoms with Gasteiger partial charge in [0, 0.05) is 18.7 Å². The molecule has 0 saturated carbocycles. The SMILES string of the molecule is CCCOc1cccc(C(=O)NCCN)c1.Cl. The van der Waals surface area contributed by atoms with Crippen molar-refractivity contribution >= 4 is 18.3 Å². The van der Waals surface area contributed by atoms with Crippen LogP contribution in [0, 0.1) is 0 Å². The Hall–Kier alpha value is -1.26. The topological polar surface area (TPSA) is 64.3 Å². The molecule has 1 rings (SSSR count). The zero-order chi connectivity index (χ0) is 11.8. The molecule has 0 aromatic heterocycles. The number of ether oxygens (including phenoxy) is 1. The highest BCUT2D eigenvalue weighted by Crippen LogP contribution is 2.13. The normalized spacial score (nSPS) is 9.29. The van der Waals surface area contributed by atoms with Gasteiger partial charge in [-0.3, -0.25) is 4.79 Å². The number of rotatable bonds is 6. The standard InChI is InChI=1S/C12H18N2O2.ClH/c1-2-8-16-11-5-3-4-10(9-11)12(15)14-7-6-13;/h3-5,9H,2,6-8,13H2,1H3,(H,14,15);1H. The number of carbonyl (C=O) groups is 1. The van der Waals surface area contributed by atoms with Crippen LogP contribution in [-0.2, 0) is 0 Å². The van der Waals surface area contributed by atoms with E-state index in [-0.39, 0.29) is 18.3 Å². The number of benzene rings is 1. The summed E-state index contributed by atoms with van der Waals surface area (Å²) in [5.74, 6) is 0.606. The van der Waals surface area contributed by atoms with Crippen molar-refractivity contribution in [3.8, 4) is 5.75 Å². The second-order valence-corrected chi connectivity index (χ2v) is 3.42. The van der Waals surface area contributed by atoms with Gasteiger partial charge >= 0.3 is 0 Å². The maximum Gasteiger partial charge on any atom is 0.251 e. The van der Waals surface area contributed by atoms with Gasteiger partial charge in [0.1, 0.15) is 5.75 Å². The van der Waals surface area contributed by atoms with E-state index in [1.54, 1.807) is 12.1 Å². The third kappa shape index (κ3) is 5.56. The van der Waals surface area contributed by atoms with Crippen LogP contribution in [0.1, 0.15) is 23.7 Å². The molecule has 0 atom stereocenters. The molecule has 96 valence electrons.